The smallest absolute Gasteiger partial charge is 0.339 e. The number of imidazole rings is 1. The van der Waals surface area contributed by atoms with Gasteiger partial charge in [0.2, 0.25) is 5.95 Å². The van der Waals surface area contributed by atoms with Crippen molar-refractivity contribution in [2.45, 2.75) is 91.8 Å². The molecule has 0 bridgehead atoms. The lowest BCUT2D eigenvalue weighted by atomic mass is 10.5. The SMILES string of the molecule is CC(C)OP(=O)(OC(C)C)C(CN1CCn2ccnc21)P(=O)(OC(C)C)OC(C)C. The van der Waals surface area contributed by atoms with E-state index in [1.54, 1.807) is 61.6 Å². The molecular formula is C19H37N3O6P2. The molecule has 0 N–H and O–H groups in total. The summed E-state index contributed by atoms with van der Waals surface area (Å²) in [5, 5.41) is -1.12. The number of hydrogen-bond donors (Lipinski definition) is 0. The lowest BCUT2D eigenvalue weighted by Gasteiger charge is -2.36. The molecule has 0 radical (unpaired) electrons. The van der Waals surface area contributed by atoms with Gasteiger partial charge in [-0.3, -0.25) is 9.13 Å². The Morgan fingerprint density at radius 1 is 0.833 bits per heavy atom. The summed E-state index contributed by atoms with van der Waals surface area (Å²) in [5.41, 5.74) is 0. The third-order valence-corrected chi connectivity index (χ3v) is 10.5. The van der Waals surface area contributed by atoms with Crippen LogP contribution in [0.4, 0.5) is 5.95 Å². The fourth-order valence-corrected chi connectivity index (χ4v) is 9.18. The van der Waals surface area contributed by atoms with Gasteiger partial charge >= 0.3 is 15.2 Å². The quantitative estimate of drug-likeness (QED) is 0.393. The molecule has 0 fully saturated rings. The molecule has 0 amide bonds. The maximum Gasteiger partial charge on any atom is 0.348 e. The zero-order valence-corrected chi connectivity index (χ0v) is 21.1. The molecule has 0 atom stereocenters. The van der Waals surface area contributed by atoms with Crippen molar-refractivity contribution >= 4 is 21.1 Å². The molecule has 9 nitrogen and oxygen atoms in total. The van der Waals surface area contributed by atoms with Gasteiger partial charge in [0, 0.05) is 32.0 Å². The molecule has 2 heterocycles. The predicted molar refractivity (Wildman–Crippen MR) is 118 cm³/mol. The summed E-state index contributed by atoms with van der Waals surface area (Å²) in [6.07, 6.45) is 2.00. The lowest BCUT2D eigenvalue weighted by molar-refractivity contribution is 0.123. The standard InChI is InChI=1S/C19H37N3O6P2/c1-14(2)25-29(23,26-15(3)4)18(30(24,27-16(5)6)28-17(7)8)13-22-12-11-21-10-9-20-19(21)22/h9-10,14-18H,11-13H2,1-8H3. The summed E-state index contributed by atoms with van der Waals surface area (Å²) >= 11 is 0. The van der Waals surface area contributed by atoms with Gasteiger partial charge in [-0.25, -0.2) is 4.98 Å². The van der Waals surface area contributed by atoms with Crippen LogP contribution in [-0.2, 0) is 33.8 Å². The number of fused-ring (bicyclic) bond motifs is 1. The van der Waals surface area contributed by atoms with Crippen molar-refractivity contribution in [1.29, 1.82) is 0 Å². The number of hydrogen-bond acceptors (Lipinski definition) is 8. The maximum atomic E-state index is 14.2. The summed E-state index contributed by atoms with van der Waals surface area (Å²) in [7, 11) is -7.83. The summed E-state index contributed by atoms with van der Waals surface area (Å²) < 4.78 is 53.7. The molecule has 1 aromatic rings. The van der Waals surface area contributed by atoms with Gasteiger partial charge in [0.25, 0.3) is 0 Å². The molecule has 11 heteroatoms. The Bertz CT molecular complexity index is 714. The van der Waals surface area contributed by atoms with E-state index in [9.17, 15) is 9.13 Å². The third kappa shape index (κ3) is 6.41. The van der Waals surface area contributed by atoms with Crippen molar-refractivity contribution in [1.82, 2.24) is 9.55 Å². The van der Waals surface area contributed by atoms with Crippen molar-refractivity contribution in [3.8, 4) is 0 Å². The van der Waals surface area contributed by atoms with E-state index in [-0.39, 0.29) is 6.54 Å². The van der Waals surface area contributed by atoms with E-state index < -0.39 is 45.0 Å². The molecule has 0 aliphatic carbocycles. The largest absolute Gasteiger partial charge is 0.348 e. The Morgan fingerprint density at radius 3 is 1.67 bits per heavy atom. The average molecular weight is 465 g/mol. The highest BCUT2D eigenvalue weighted by Gasteiger charge is 2.54. The third-order valence-electron chi connectivity index (χ3n) is 4.13. The van der Waals surface area contributed by atoms with Crippen molar-refractivity contribution < 1.29 is 27.2 Å². The van der Waals surface area contributed by atoms with Crippen LogP contribution in [0.25, 0.3) is 0 Å². The van der Waals surface area contributed by atoms with E-state index in [0.29, 0.717) is 6.54 Å². The van der Waals surface area contributed by atoms with Gasteiger partial charge in [-0.2, -0.15) is 0 Å². The molecule has 0 saturated heterocycles. The first-order valence-electron chi connectivity index (χ1n) is 10.6. The van der Waals surface area contributed by atoms with Crippen LogP contribution in [0.2, 0.25) is 0 Å². The topological polar surface area (TPSA) is 92.1 Å². The second kappa shape index (κ2) is 10.3. The first kappa shape index (κ1) is 25.6. The zero-order chi connectivity index (χ0) is 22.7. The van der Waals surface area contributed by atoms with Crippen molar-refractivity contribution in [2.24, 2.45) is 0 Å². The van der Waals surface area contributed by atoms with Crippen molar-refractivity contribution in [3.05, 3.63) is 12.4 Å². The molecule has 30 heavy (non-hydrogen) atoms. The minimum absolute atomic E-state index is 0.116. The number of anilines is 1. The number of rotatable bonds is 12. The summed E-state index contributed by atoms with van der Waals surface area (Å²) in [5.74, 6) is 0.723. The van der Waals surface area contributed by atoms with Crippen LogP contribution in [0.3, 0.4) is 0 Å². The van der Waals surface area contributed by atoms with E-state index in [1.165, 1.54) is 0 Å². The first-order chi connectivity index (χ1) is 13.9. The Labute approximate surface area is 180 Å². The molecule has 2 rings (SSSR count). The highest BCUT2D eigenvalue weighted by atomic mass is 31.2. The van der Waals surface area contributed by atoms with Crippen LogP contribution >= 0.6 is 15.2 Å². The molecule has 0 aromatic carbocycles. The van der Waals surface area contributed by atoms with Gasteiger partial charge in [0.15, 0.2) is 5.40 Å². The molecule has 1 aromatic heterocycles. The minimum atomic E-state index is -3.91. The maximum absolute atomic E-state index is 14.2. The molecule has 0 unspecified atom stereocenters. The number of nitrogens with zero attached hydrogens (tertiary/aromatic N) is 3. The van der Waals surface area contributed by atoms with E-state index in [4.69, 9.17) is 18.1 Å². The van der Waals surface area contributed by atoms with Gasteiger partial charge in [0.1, 0.15) is 0 Å². The monoisotopic (exact) mass is 465 g/mol. The van der Waals surface area contributed by atoms with Crippen LogP contribution in [0, 0.1) is 0 Å². The van der Waals surface area contributed by atoms with E-state index in [2.05, 4.69) is 4.98 Å². The molecule has 0 spiro atoms. The Kier molecular flexibility index (Phi) is 8.77. The molecule has 1 aliphatic heterocycles. The van der Waals surface area contributed by atoms with E-state index in [0.717, 1.165) is 12.5 Å². The molecule has 1 aliphatic rings. The normalized spacial score (nSPS) is 15.4. The summed E-state index contributed by atoms with van der Waals surface area (Å²) in [6, 6.07) is 0. The highest BCUT2D eigenvalue weighted by molar-refractivity contribution is 7.72. The van der Waals surface area contributed by atoms with E-state index in [1.807, 2.05) is 15.7 Å². The fourth-order valence-electron chi connectivity index (χ4n) is 3.34. The zero-order valence-electron chi connectivity index (χ0n) is 19.3. The van der Waals surface area contributed by atoms with Crippen LogP contribution in [0.5, 0.6) is 0 Å². The lowest BCUT2D eigenvalue weighted by Crippen LogP contribution is -2.35. The second-order valence-electron chi connectivity index (χ2n) is 8.54. The predicted octanol–water partition coefficient (Wildman–Crippen LogP) is 5.12. The second-order valence-corrected chi connectivity index (χ2v) is 13.2. The summed E-state index contributed by atoms with van der Waals surface area (Å²) in [4.78, 5) is 6.32. The van der Waals surface area contributed by atoms with Crippen LogP contribution < -0.4 is 4.90 Å². The van der Waals surface area contributed by atoms with Crippen LogP contribution in [0.1, 0.15) is 55.4 Å². The van der Waals surface area contributed by atoms with Gasteiger partial charge < -0.3 is 27.6 Å². The summed E-state index contributed by atoms with van der Waals surface area (Å²) in [6.45, 7) is 15.7. The fraction of sp³-hybridized carbons (Fsp3) is 0.842. The van der Waals surface area contributed by atoms with Gasteiger partial charge in [0.05, 0.1) is 24.4 Å². The minimum Gasteiger partial charge on any atom is -0.339 e. The molecule has 174 valence electrons. The van der Waals surface area contributed by atoms with Crippen molar-refractivity contribution in [2.75, 3.05) is 18.0 Å². The molecular weight excluding hydrogens is 428 g/mol. The van der Waals surface area contributed by atoms with Gasteiger partial charge in [-0.05, 0) is 55.4 Å². The molecule has 0 saturated carbocycles. The Morgan fingerprint density at radius 2 is 1.27 bits per heavy atom. The Balaban J connectivity index is 2.53. The van der Waals surface area contributed by atoms with Crippen LogP contribution in [0.15, 0.2) is 12.4 Å². The Hall–Kier alpha value is -0.690. The van der Waals surface area contributed by atoms with Crippen molar-refractivity contribution in [3.63, 3.8) is 0 Å². The van der Waals surface area contributed by atoms with Crippen LogP contribution in [-0.4, -0.2) is 52.5 Å². The van der Waals surface area contributed by atoms with E-state index >= 15 is 0 Å². The average Bonchev–Trinajstić information content (AvgIpc) is 3.12. The van der Waals surface area contributed by atoms with Gasteiger partial charge in [-0.1, -0.05) is 0 Å². The van der Waals surface area contributed by atoms with Gasteiger partial charge in [-0.15, -0.1) is 0 Å². The first-order valence-corrected chi connectivity index (χ1v) is 13.8. The highest BCUT2D eigenvalue weighted by Crippen LogP contribution is 2.72. The number of aromatic nitrogens is 2.